The van der Waals surface area contributed by atoms with Gasteiger partial charge in [-0.3, -0.25) is 14.2 Å². The number of hydrogen-bond acceptors (Lipinski definition) is 3. The summed E-state index contributed by atoms with van der Waals surface area (Å²) in [6, 6.07) is 14.7. The third-order valence-electron chi connectivity index (χ3n) is 4.63. The molecule has 3 aromatic rings. The summed E-state index contributed by atoms with van der Waals surface area (Å²) in [5, 5.41) is 0.586. The Morgan fingerprint density at radius 1 is 1.15 bits per heavy atom. The molecule has 1 amide bonds. The van der Waals surface area contributed by atoms with Crippen molar-refractivity contribution in [3.8, 4) is 5.69 Å². The van der Waals surface area contributed by atoms with Gasteiger partial charge in [0.15, 0.2) is 4.77 Å². The van der Waals surface area contributed by atoms with Gasteiger partial charge in [-0.05, 0) is 48.5 Å². The zero-order valence-corrected chi connectivity index (χ0v) is 16.4. The van der Waals surface area contributed by atoms with E-state index >= 15 is 0 Å². The average Bonchev–Trinajstić information content (AvgIpc) is 2.67. The van der Waals surface area contributed by atoms with E-state index in [-0.39, 0.29) is 11.5 Å². The number of nitrogens with zero attached hydrogens (tertiary/aromatic N) is 2. The maximum Gasteiger partial charge on any atom is 0.266 e. The highest BCUT2D eigenvalue weighted by Gasteiger charge is 2.11. The fraction of sp³-hybridized carbons (Fsp3) is 0.286. The van der Waals surface area contributed by atoms with E-state index in [1.807, 2.05) is 49.5 Å². The van der Waals surface area contributed by atoms with Crippen LogP contribution in [-0.4, -0.2) is 34.0 Å². The van der Waals surface area contributed by atoms with Crippen LogP contribution in [0.3, 0.4) is 0 Å². The van der Waals surface area contributed by atoms with Gasteiger partial charge in [0.25, 0.3) is 5.56 Å². The van der Waals surface area contributed by atoms with Crippen molar-refractivity contribution in [1.29, 1.82) is 0 Å². The molecule has 0 radical (unpaired) electrons. The SMILES string of the molecule is CCCCN(C)C(=O)Cc1ccc(-n2c(=S)[nH]c3ccccc3c2=O)cc1. The van der Waals surface area contributed by atoms with Gasteiger partial charge < -0.3 is 9.88 Å². The number of fused-ring (bicyclic) bond motifs is 1. The van der Waals surface area contributed by atoms with E-state index < -0.39 is 0 Å². The molecule has 1 N–H and O–H groups in total. The van der Waals surface area contributed by atoms with E-state index in [0.717, 1.165) is 30.5 Å². The van der Waals surface area contributed by atoms with Crippen molar-refractivity contribution >= 4 is 29.0 Å². The number of likely N-dealkylation sites (N-methyl/N-ethyl adjacent to an activating group) is 1. The van der Waals surface area contributed by atoms with E-state index in [4.69, 9.17) is 12.2 Å². The largest absolute Gasteiger partial charge is 0.345 e. The number of aromatic nitrogens is 2. The lowest BCUT2D eigenvalue weighted by molar-refractivity contribution is -0.129. The van der Waals surface area contributed by atoms with Gasteiger partial charge in [0.05, 0.1) is 23.0 Å². The number of para-hydroxylation sites is 1. The predicted molar refractivity (Wildman–Crippen MR) is 111 cm³/mol. The molecule has 0 saturated heterocycles. The number of benzene rings is 2. The van der Waals surface area contributed by atoms with Crippen molar-refractivity contribution in [3.05, 3.63) is 69.2 Å². The molecule has 5 nitrogen and oxygen atoms in total. The van der Waals surface area contributed by atoms with E-state index in [1.54, 1.807) is 11.0 Å². The fourth-order valence-corrected chi connectivity index (χ4v) is 3.29. The van der Waals surface area contributed by atoms with Crippen molar-refractivity contribution in [3.63, 3.8) is 0 Å². The molecular weight excluding hydrogens is 358 g/mol. The third kappa shape index (κ3) is 4.17. The van der Waals surface area contributed by atoms with Crippen LogP contribution >= 0.6 is 12.2 Å². The summed E-state index contributed by atoms with van der Waals surface area (Å²) in [6.07, 6.45) is 2.41. The Morgan fingerprint density at radius 3 is 2.56 bits per heavy atom. The van der Waals surface area contributed by atoms with Gasteiger partial charge in [0.2, 0.25) is 5.91 Å². The van der Waals surface area contributed by atoms with Gasteiger partial charge in [-0.1, -0.05) is 37.6 Å². The Labute approximate surface area is 163 Å². The first-order chi connectivity index (χ1) is 13.0. The summed E-state index contributed by atoms with van der Waals surface area (Å²) < 4.78 is 1.83. The molecule has 0 aliphatic rings. The monoisotopic (exact) mass is 381 g/mol. The first-order valence-electron chi connectivity index (χ1n) is 9.08. The number of hydrogen-bond donors (Lipinski definition) is 1. The summed E-state index contributed by atoms with van der Waals surface area (Å²) in [5.74, 6) is 0.0939. The molecule has 0 aliphatic carbocycles. The van der Waals surface area contributed by atoms with E-state index in [9.17, 15) is 9.59 Å². The van der Waals surface area contributed by atoms with Crippen LogP contribution in [0.5, 0.6) is 0 Å². The van der Waals surface area contributed by atoms with Crippen LogP contribution in [0.4, 0.5) is 0 Å². The summed E-state index contributed by atoms with van der Waals surface area (Å²) in [7, 11) is 1.83. The molecule has 1 aromatic heterocycles. The van der Waals surface area contributed by atoms with Gasteiger partial charge in [-0.2, -0.15) is 0 Å². The van der Waals surface area contributed by atoms with Crippen LogP contribution < -0.4 is 5.56 Å². The summed E-state index contributed by atoms with van der Waals surface area (Å²) in [6.45, 7) is 2.88. The topological polar surface area (TPSA) is 58.1 Å². The maximum atomic E-state index is 12.8. The number of H-pyrrole nitrogens is 1. The van der Waals surface area contributed by atoms with Gasteiger partial charge >= 0.3 is 0 Å². The second-order valence-electron chi connectivity index (χ2n) is 6.63. The first kappa shape index (κ1) is 19.0. The molecule has 1 heterocycles. The van der Waals surface area contributed by atoms with Crippen LogP contribution in [0.15, 0.2) is 53.3 Å². The molecule has 27 heavy (non-hydrogen) atoms. The van der Waals surface area contributed by atoms with Gasteiger partial charge in [-0.25, -0.2) is 0 Å². The molecule has 3 rings (SSSR count). The lowest BCUT2D eigenvalue weighted by atomic mass is 10.1. The molecule has 140 valence electrons. The van der Waals surface area contributed by atoms with E-state index in [2.05, 4.69) is 11.9 Å². The quantitative estimate of drug-likeness (QED) is 0.660. The van der Waals surface area contributed by atoms with Gasteiger partial charge in [0.1, 0.15) is 0 Å². The molecule has 0 spiro atoms. The molecular formula is C21H23N3O2S. The second kappa shape index (κ2) is 8.31. The minimum atomic E-state index is -0.155. The number of aromatic amines is 1. The standard InChI is InChI=1S/C21H23N3O2S/c1-3-4-13-23(2)19(25)14-15-9-11-16(12-10-15)24-20(26)17-7-5-6-8-18(17)22-21(24)27/h5-12H,3-4,13-14H2,1-2H3,(H,22,27). The summed E-state index contributed by atoms with van der Waals surface area (Å²) in [5.41, 5.74) is 2.16. The minimum Gasteiger partial charge on any atom is -0.345 e. The van der Waals surface area contributed by atoms with Crippen molar-refractivity contribution in [2.45, 2.75) is 26.2 Å². The Hall–Kier alpha value is -2.73. The van der Waals surface area contributed by atoms with Crippen LogP contribution in [0, 0.1) is 4.77 Å². The first-order valence-corrected chi connectivity index (χ1v) is 9.49. The van der Waals surface area contributed by atoms with Gasteiger partial charge in [-0.15, -0.1) is 0 Å². The molecule has 0 fully saturated rings. The normalized spacial score (nSPS) is 10.9. The number of unbranched alkanes of at least 4 members (excludes halogenated alkanes) is 1. The molecule has 6 heteroatoms. The number of amides is 1. The lowest BCUT2D eigenvalue weighted by Gasteiger charge is -2.16. The van der Waals surface area contributed by atoms with Crippen LogP contribution in [0.2, 0.25) is 0 Å². The van der Waals surface area contributed by atoms with Crippen LogP contribution in [-0.2, 0) is 11.2 Å². The summed E-state index contributed by atoms with van der Waals surface area (Å²) in [4.78, 5) is 30.0. The van der Waals surface area contributed by atoms with E-state index in [1.165, 1.54) is 4.57 Å². The van der Waals surface area contributed by atoms with Crippen molar-refractivity contribution < 1.29 is 4.79 Å². The smallest absolute Gasteiger partial charge is 0.266 e. The zero-order chi connectivity index (χ0) is 19.4. The number of carbonyl (C=O) groups is 1. The Morgan fingerprint density at radius 2 is 1.85 bits per heavy atom. The minimum absolute atomic E-state index is 0.0939. The highest BCUT2D eigenvalue weighted by atomic mass is 32.1. The Balaban J connectivity index is 1.86. The Bertz CT molecular complexity index is 1070. The number of rotatable bonds is 6. The summed E-state index contributed by atoms with van der Waals surface area (Å²) >= 11 is 5.37. The molecule has 0 aliphatic heterocycles. The molecule has 0 unspecified atom stereocenters. The fourth-order valence-electron chi connectivity index (χ4n) is 2.99. The average molecular weight is 382 g/mol. The molecule has 2 aromatic carbocycles. The molecule has 0 bridgehead atoms. The van der Waals surface area contributed by atoms with Crippen molar-refractivity contribution in [1.82, 2.24) is 14.5 Å². The van der Waals surface area contributed by atoms with Crippen molar-refractivity contribution in [2.24, 2.45) is 0 Å². The number of carbonyl (C=O) groups excluding carboxylic acids is 1. The lowest BCUT2D eigenvalue weighted by Crippen LogP contribution is -2.29. The predicted octanol–water partition coefficient (Wildman–Crippen LogP) is 3.85. The molecule has 0 atom stereocenters. The highest BCUT2D eigenvalue weighted by Crippen LogP contribution is 2.13. The van der Waals surface area contributed by atoms with E-state index in [0.29, 0.717) is 22.3 Å². The Kier molecular flexibility index (Phi) is 5.86. The second-order valence-corrected chi connectivity index (χ2v) is 7.02. The maximum absolute atomic E-state index is 12.8. The third-order valence-corrected chi connectivity index (χ3v) is 4.91. The molecule has 0 saturated carbocycles. The number of nitrogens with one attached hydrogen (secondary N) is 1. The highest BCUT2D eigenvalue weighted by molar-refractivity contribution is 7.71. The van der Waals surface area contributed by atoms with Gasteiger partial charge in [0, 0.05) is 13.6 Å². The van der Waals surface area contributed by atoms with Crippen LogP contribution in [0.25, 0.3) is 16.6 Å². The van der Waals surface area contributed by atoms with Crippen LogP contribution in [0.1, 0.15) is 25.3 Å². The van der Waals surface area contributed by atoms with Crippen molar-refractivity contribution in [2.75, 3.05) is 13.6 Å². The zero-order valence-electron chi connectivity index (χ0n) is 15.6.